The van der Waals surface area contributed by atoms with Crippen LogP contribution < -0.4 is 5.32 Å². The molecule has 1 atom stereocenters. The first kappa shape index (κ1) is 8.51. The third-order valence-corrected chi connectivity index (χ3v) is 2.36. The van der Waals surface area contributed by atoms with Gasteiger partial charge in [0.05, 0.1) is 12.1 Å². The second kappa shape index (κ2) is 3.70. The fourth-order valence-corrected chi connectivity index (χ4v) is 1.29. The summed E-state index contributed by atoms with van der Waals surface area (Å²) in [6, 6.07) is 2.98. The number of rotatable bonds is 3. The van der Waals surface area contributed by atoms with Crippen molar-refractivity contribution in [2.24, 2.45) is 0 Å². The molecule has 0 radical (unpaired) electrons. The molecule has 0 aromatic rings. The summed E-state index contributed by atoms with van der Waals surface area (Å²) in [5.74, 6) is 0. The lowest BCUT2D eigenvalue weighted by Gasteiger charge is -2.37. The molecule has 3 heteroatoms. The first-order valence-corrected chi connectivity index (χ1v) is 4.11. The zero-order valence-corrected chi connectivity index (χ0v) is 7.17. The van der Waals surface area contributed by atoms with E-state index in [1.54, 1.807) is 0 Å². The van der Waals surface area contributed by atoms with Crippen LogP contribution in [0.4, 0.5) is 0 Å². The van der Waals surface area contributed by atoms with Crippen LogP contribution >= 0.6 is 0 Å². The Labute approximate surface area is 68.0 Å². The van der Waals surface area contributed by atoms with Gasteiger partial charge in [0.15, 0.2) is 0 Å². The van der Waals surface area contributed by atoms with Crippen LogP contribution in [-0.4, -0.2) is 37.1 Å². The maximum Gasteiger partial charge on any atom is 0.0976 e. The Kier molecular flexibility index (Phi) is 2.86. The van der Waals surface area contributed by atoms with Crippen LogP contribution in [0, 0.1) is 11.3 Å². The molecule has 1 unspecified atom stereocenters. The summed E-state index contributed by atoms with van der Waals surface area (Å²) >= 11 is 0. The summed E-state index contributed by atoms with van der Waals surface area (Å²) in [5.41, 5.74) is 0. The minimum absolute atomic E-state index is 0.0992. The topological polar surface area (TPSA) is 39.1 Å². The first-order valence-electron chi connectivity index (χ1n) is 4.11. The quantitative estimate of drug-likeness (QED) is 0.629. The van der Waals surface area contributed by atoms with E-state index in [0.29, 0.717) is 6.04 Å². The van der Waals surface area contributed by atoms with Crippen molar-refractivity contribution in [3.8, 4) is 6.07 Å². The molecule has 3 nitrogen and oxygen atoms in total. The summed E-state index contributed by atoms with van der Waals surface area (Å²) in [7, 11) is 2.03. The molecule has 11 heavy (non-hydrogen) atoms. The van der Waals surface area contributed by atoms with Gasteiger partial charge >= 0.3 is 0 Å². The van der Waals surface area contributed by atoms with Gasteiger partial charge in [-0.1, -0.05) is 6.92 Å². The summed E-state index contributed by atoms with van der Waals surface area (Å²) in [6.07, 6.45) is 0.920. The van der Waals surface area contributed by atoms with E-state index in [1.807, 2.05) is 7.05 Å². The van der Waals surface area contributed by atoms with Crippen molar-refractivity contribution < 1.29 is 0 Å². The van der Waals surface area contributed by atoms with Crippen molar-refractivity contribution in [1.82, 2.24) is 10.2 Å². The average molecular weight is 153 g/mol. The van der Waals surface area contributed by atoms with Gasteiger partial charge < -0.3 is 5.32 Å². The Hall–Kier alpha value is -0.590. The third kappa shape index (κ3) is 1.70. The van der Waals surface area contributed by atoms with E-state index in [2.05, 4.69) is 23.2 Å². The van der Waals surface area contributed by atoms with Crippen LogP contribution in [0.5, 0.6) is 0 Å². The first-order chi connectivity index (χ1) is 5.29. The van der Waals surface area contributed by atoms with Crippen molar-refractivity contribution in [2.45, 2.75) is 25.4 Å². The van der Waals surface area contributed by atoms with Crippen molar-refractivity contribution in [1.29, 1.82) is 5.26 Å². The molecule has 1 aliphatic heterocycles. The molecule has 1 saturated heterocycles. The van der Waals surface area contributed by atoms with Gasteiger partial charge in [-0.25, -0.2) is 0 Å². The highest BCUT2D eigenvalue weighted by Gasteiger charge is 2.25. The van der Waals surface area contributed by atoms with Crippen LogP contribution in [0.15, 0.2) is 0 Å². The molecule has 0 saturated carbocycles. The lowest BCUT2D eigenvalue weighted by atomic mass is 10.1. The second-order valence-electron chi connectivity index (χ2n) is 3.03. The summed E-state index contributed by atoms with van der Waals surface area (Å²) in [5, 5.41) is 11.9. The van der Waals surface area contributed by atoms with Gasteiger partial charge in [-0.2, -0.15) is 5.26 Å². The largest absolute Gasteiger partial charge is 0.314 e. The molecule has 0 aliphatic carbocycles. The van der Waals surface area contributed by atoms with Gasteiger partial charge in [0.1, 0.15) is 0 Å². The summed E-state index contributed by atoms with van der Waals surface area (Å²) in [6.45, 7) is 4.12. The molecule has 1 N–H and O–H groups in total. The molecule has 0 aromatic heterocycles. The molecule has 62 valence electrons. The van der Waals surface area contributed by atoms with Gasteiger partial charge in [0.25, 0.3) is 0 Å². The minimum Gasteiger partial charge on any atom is -0.314 e. The number of likely N-dealkylation sites (N-methyl/N-ethyl adjacent to an activating group) is 1. The van der Waals surface area contributed by atoms with E-state index in [-0.39, 0.29) is 6.04 Å². The number of hydrogen-bond acceptors (Lipinski definition) is 3. The summed E-state index contributed by atoms with van der Waals surface area (Å²) in [4.78, 5) is 2.16. The van der Waals surface area contributed by atoms with E-state index in [9.17, 15) is 0 Å². The maximum absolute atomic E-state index is 8.75. The van der Waals surface area contributed by atoms with Crippen LogP contribution in [0.25, 0.3) is 0 Å². The molecule has 0 aromatic carbocycles. The highest BCUT2D eigenvalue weighted by atomic mass is 15.2. The molecular formula is C8H15N3. The van der Waals surface area contributed by atoms with Gasteiger partial charge in [0.2, 0.25) is 0 Å². The highest BCUT2D eigenvalue weighted by molar-refractivity contribution is 4.95. The van der Waals surface area contributed by atoms with Crippen molar-refractivity contribution in [3.05, 3.63) is 0 Å². The van der Waals surface area contributed by atoms with E-state index in [4.69, 9.17) is 5.26 Å². The second-order valence-corrected chi connectivity index (χ2v) is 3.03. The SMILES string of the molecule is CCC(C#N)N(C)C1CNC1. The Morgan fingerprint density at radius 1 is 1.73 bits per heavy atom. The monoisotopic (exact) mass is 153 g/mol. The number of nitrogens with zero attached hydrogens (tertiary/aromatic N) is 2. The Balaban J connectivity index is 2.38. The molecule has 1 fully saturated rings. The zero-order valence-electron chi connectivity index (χ0n) is 7.17. The normalized spacial score (nSPS) is 20.9. The number of nitrogens with one attached hydrogen (secondary N) is 1. The third-order valence-electron chi connectivity index (χ3n) is 2.36. The van der Waals surface area contributed by atoms with E-state index >= 15 is 0 Å². The molecule has 0 bridgehead atoms. The van der Waals surface area contributed by atoms with E-state index in [1.165, 1.54) is 0 Å². The van der Waals surface area contributed by atoms with Crippen molar-refractivity contribution >= 4 is 0 Å². The molecular weight excluding hydrogens is 138 g/mol. The van der Waals surface area contributed by atoms with Gasteiger partial charge in [0, 0.05) is 19.1 Å². The van der Waals surface area contributed by atoms with Crippen LogP contribution in [-0.2, 0) is 0 Å². The summed E-state index contributed by atoms with van der Waals surface area (Å²) < 4.78 is 0. The zero-order chi connectivity index (χ0) is 8.27. The Bertz CT molecular complexity index is 157. The maximum atomic E-state index is 8.75. The van der Waals surface area contributed by atoms with Gasteiger partial charge in [-0.3, -0.25) is 4.90 Å². The highest BCUT2D eigenvalue weighted by Crippen LogP contribution is 2.08. The fraction of sp³-hybridized carbons (Fsp3) is 0.875. The van der Waals surface area contributed by atoms with E-state index in [0.717, 1.165) is 19.5 Å². The van der Waals surface area contributed by atoms with Crippen LogP contribution in [0.3, 0.4) is 0 Å². The number of hydrogen-bond donors (Lipinski definition) is 1. The van der Waals surface area contributed by atoms with Crippen molar-refractivity contribution in [3.63, 3.8) is 0 Å². The standard InChI is InChI=1S/C8H15N3/c1-3-7(4-9)11(2)8-5-10-6-8/h7-8,10H,3,5-6H2,1-2H3. The Morgan fingerprint density at radius 2 is 2.36 bits per heavy atom. The minimum atomic E-state index is 0.0992. The lowest BCUT2D eigenvalue weighted by Crippen LogP contribution is -2.58. The average Bonchev–Trinajstić information content (AvgIpc) is 1.86. The molecule has 1 aliphatic rings. The predicted molar refractivity (Wildman–Crippen MR) is 44.1 cm³/mol. The lowest BCUT2D eigenvalue weighted by molar-refractivity contribution is 0.150. The van der Waals surface area contributed by atoms with Crippen LogP contribution in [0.2, 0.25) is 0 Å². The van der Waals surface area contributed by atoms with Gasteiger partial charge in [-0.15, -0.1) is 0 Å². The van der Waals surface area contributed by atoms with Crippen LogP contribution in [0.1, 0.15) is 13.3 Å². The molecule has 1 heterocycles. The molecule has 0 spiro atoms. The molecule has 1 rings (SSSR count). The molecule has 0 amide bonds. The Morgan fingerprint density at radius 3 is 2.64 bits per heavy atom. The van der Waals surface area contributed by atoms with Crippen molar-refractivity contribution in [2.75, 3.05) is 20.1 Å². The predicted octanol–water partition coefficient (Wildman–Crippen LogP) is 0.192. The van der Waals surface area contributed by atoms with Gasteiger partial charge in [-0.05, 0) is 13.5 Å². The smallest absolute Gasteiger partial charge is 0.0976 e. The van der Waals surface area contributed by atoms with E-state index < -0.39 is 0 Å². The number of nitriles is 1. The fourth-order valence-electron chi connectivity index (χ4n) is 1.29.